The molecule has 0 aliphatic rings. The van der Waals surface area contributed by atoms with E-state index >= 15 is 0 Å². The predicted octanol–water partition coefficient (Wildman–Crippen LogP) is 2.75. The minimum absolute atomic E-state index is 0.0283. The average Bonchev–Trinajstić information content (AvgIpc) is 2.23. The summed E-state index contributed by atoms with van der Waals surface area (Å²) in [6.07, 6.45) is 0.531. The molecule has 1 unspecified atom stereocenters. The third-order valence-corrected chi connectivity index (χ3v) is 2.82. The van der Waals surface area contributed by atoms with Gasteiger partial charge in [0.15, 0.2) is 0 Å². The third kappa shape index (κ3) is 2.99. The minimum Gasteiger partial charge on any atom is -0.328 e. The third-order valence-electron chi connectivity index (χ3n) is 2.82. The standard InChI is InChI=1S/C12H17F2N/c1-3-12(14,8-15)7-10-6-11(13)5-4-9(10)2/h4-6H,3,7-8,15H2,1-2H3. The van der Waals surface area contributed by atoms with Crippen molar-refractivity contribution in [3.63, 3.8) is 0 Å². The molecule has 1 atom stereocenters. The van der Waals surface area contributed by atoms with Crippen molar-refractivity contribution in [3.05, 3.63) is 35.1 Å². The van der Waals surface area contributed by atoms with Gasteiger partial charge in [0.25, 0.3) is 0 Å². The molecule has 0 fully saturated rings. The van der Waals surface area contributed by atoms with E-state index in [1.54, 1.807) is 13.0 Å². The van der Waals surface area contributed by atoms with Crippen molar-refractivity contribution < 1.29 is 8.78 Å². The van der Waals surface area contributed by atoms with E-state index in [1.165, 1.54) is 12.1 Å². The molecule has 0 aromatic heterocycles. The van der Waals surface area contributed by atoms with Gasteiger partial charge in [-0.3, -0.25) is 0 Å². The zero-order valence-corrected chi connectivity index (χ0v) is 9.19. The van der Waals surface area contributed by atoms with Crippen LogP contribution in [0.25, 0.3) is 0 Å². The Hall–Kier alpha value is -0.960. The minimum atomic E-state index is -1.42. The molecule has 0 saturated heterocycles. The monoisotopic (exact) mass is 213 g/mol. The Bertz CT molecular complexity index is 332. The summed E-state index contributed by atoms with van der Waals surface area (Å²) in [6, 6.07) is 4.43. The highest BCUT2D eigenvalue weighted by molar-refractivity contribution is 5.28. The van der Waals surface area contributed by atoms with Gasteiger partial charge in [0.05, 0.1) is 0 Å². The summed E-state index contributed by atoms with van der Waals surface area (Å²) in [6.45, 7) is 3.57. The zero-order valence-electron chi connectivity index (χ0n) is 9.19. The Kier molecular flexibility index (Phi) is 3.80. The quantitative estimate of drug-likeness (QED) is 0.817. The maximum Gasteiger partial charge on any atom is 0.126 e. The van der Waals surface area contributed by atoms with Crippen LogP contribution in [0.5, 0.6) is 0 Å². The van der Waals surface area contributed by atoms with E-state index in [0.717, 1.165) is 5.56 Å². The van der Waals surface area contributed by atoms with Crippen LogP contribution < -0.4 is 5.73 Å². The maximum atomic E-state index is 14.0. The van der Waals surface area contributed by atoms with Crippen molar-refractivity contribution >= 4 is 0 Å². The first-order valence-electron chi connectivity index (χ1n) is 5.15. The largest absolute Gasteiger partial charge is 0.328 e. The molecule has 0 radical (unpaired) electrons. The van der Waals surface area contributed by atoms with Gasteiger partial charge in [0.1, 0.15) is 11.5 Å². The molecule has 1 aromatic rings. The molecule has 1 rings (SSSR count). The Labute approximate surface area is 89.3 Å². The van der Waals surface area contributed by atoms with Crippen LogP contribution in [0.15, 0.2) is 18.2 Å². The fourth-order valence-electron chi connectivity index (χ4n) is 1.51. The Morgan fingerprint density at radius 2 is 2.07 bits per heavy atom. The normalized spacial score (nSPS) is 15.0. The van der Waals surface area contributed by atoms with Crippen molar-refractivity contribution in [1.82, 2.24) is 0 Å². The molecule has 84 valence electrons. The van der Waals surface area contributed by atoms with Crippen LogP contribution in [0.4, 0.5) is 8.78 Å². The SMILES string of the molecule is CCC(F)(CN)Cc1cc(F)ccc1C. The van der Waals surface area contributed by atoms with Crippen molar-refractivity contribution in [2.24, 2.45) is 5.73 Å². The van der Waals surface area contributed by atoms with Gasteiger partial charge in [0, 0.05) is 13.0 Å². The smallest absolute Gasteiger partial charge is 0.126 e. The van der Waals surface area contributed by atoms with Crippen LogP contribution >= 0.6 is 0 Å². The molecule has 0 aliphatic carbocycles. The summed E-state index contributed by atoms with van der Waals surface area (Å²) in [5.74, 6) is -0.328. The van der Waals surface area contributed by atoms with Crippen molar-refractivity contribution in [1.29, 1.82) is 0 Å². The highest BCUT2D eigenvalue weighted by atomic mass is 19.1. The van der Waals surface area contributed by atoms with Gasteiger partial charge in [-0.05, 0) is 36.6 Å². The molecule has 0 amide bonds. The van der Waals surface area contributed by atoms with Gasteiger partial charge in [-0.25, -0.2) is 8.78 Å². The highest BCUT2D eigenvalue weighted by Crippen LogP contribution is 2.23. The van der Waals surface area contributed by atoms with Crippen LogP contribution in [-0.2, 0) is 6.42 Å². The number of hydrogen-bond donors (Lipinski definition) is 1. The van der Waals surface area contributed by atoms with Crippen molar-refractivity contribution in [2.45, 2.75) is 32.4 Å². The van der Waals surface area contributed by atoms with Crippen LogP contribution in [0, 0.1) is 12.7 Å². The molecule has 0 bridgehead atoms. The Morgan fingerprint density at radius 3 is 2.60 bits per heavy atom. The summed E-state index contributed by atoms with van der Waals surface area (Å²) >= 11 is 0. The number of aryl methyl sites for hydroxylation is 1. The van der Waals surface area contributed by atoms with E-state index in [2.05, 4.69) is 0 Å². The first-order chi connectivity index (χ1) is 7.00. The molecule has 0 aliphatic heterocycles. The number of halogens is 2. The molecule has 15 heavy (non-hydrogen) atoms. The summed E-state index contributed by atoms with van der Waals surface area (Å²) in [5.41, 5.74) is 5.57. The lowest BCUT2D eigenvalue weighted by molar-refractivity contribution is 0.167. The number of nitrogens with two attached hydrogens (primary N) is 1. The summed E-state index contributed by atoms with van der Waals surface area (Å²) in [7, 11) is 0. The lowest BCUT2D eigenvalue weighted by Crippen LogP contribution is -2.34. The van der Waals surface area contributed by atoms with Crippen molar-refractivity contribution in [3.8, 4) is 0 Å². The molecule has 3 heteroatoms. The van der Waals surface area contributed by atoms with Gasteiger partial charge < -0.3 is 5.73 Å². The summed E-state index contributed by atoms with van der Waals surface area (Å²) in [4.78, 5) is 0. The van der Waals surface area contributed by atoms with Gasteiger partial charge in [-0.2, -0.15) is 0 Å². The lowest BCUT2D eigenvalue weighted by Gasteiger charge is -2.22. The van der Waals surface area contributed by atoms with E-state index in [4.69, 9.17) is 5.73 Å². The molecular weight excluding hydrogens is 196 g/mol. The van der Waals surface area contributed by atoms with Crippen LogP contribution in [-0.4, -0.2) is 12.2 Å². The topological polar surface area (TPSA) is 26.0 Å². The number of rotatable bonds is 4. The maximum absolute atomic E-state index is 14.0. The highest BCUT2D eigenvalue weighted by Gasteiger charge is 2.26. The first kappa shape index (κ1) is 12.1. The van der Waals surface area contributed by atoms with Crippen molar-refractivity contribution in [2.75, 3.05) is 6.54 Å². The second-order valence-corrected chi connectivity index (χ2v) is 3.96. The van der Waals surface area contributed by atoms with Crippen LogP contribution in [0.2, 0.25) is 0 Å². The summed E-state index contributed by atoms with van der Waals surface area (Å²) < 4.78 is 27.0. The molecule has 2 N–H and O–H groups in total. The molecule has 1 nitrogen and oxygen atoms in total. The van der Waals surface area contributed by atoms with E-state index < -0.39 is 5.67 Å². The van der Waals surface area contributed by atoms with E-state index in [0.29, 0.717) is 12.0 Å². The average molecular weight is 213 g/mol. The Morgan fingerprint density at radius 1 is 1.40 bits per heavy atom. The molecule has 1 aromatic carbocycles. The summed E-state index contributed by atoms with van der Waals surface area (Å²) in [5, 5.41) is 0. The fraction of sp³-hybridized carbons (Fsp3) is 0.500. The van der Waals surface area contributed by atoms with Crippen LogP contribution in [0.1, 0.15) is 24.5 Å². The predicted molar refractivity (Wildman–Crippen MR) is 58.0 cm³/mol. The number of hydrogen-bond acceptors (Lipinski definition) is 1. The molecular formula is C12H17F2N. The molecule has 0 heterocycles. The zero-order chi connectivity index (χ0) is 11.5. The first-order valence-corrected chi connectivity index (χ1v) is 5.15. The van der Waals surface area contributed by atoms with Gasteiger partial charge in [-0.1, -0.05) is 13.0 Å². The number of alkyl halides is 1. The van der Waals surface area contributed by atoms with Gasteiger partial charge in [-0.15, -0.1) is 0 Å². The van der Waals surface area contributed by atoms with Gasteiger partial charge >= 0.3 is 0 Å². The van der Waals surface area contributed by atoms with E-state index in [-0.39, 0.29) is 18.8 Å². The van der Waals surface area contributed by atoms with Gasteiger partial charge in [0.2, 0.25) is 0 Å². The second-order valence-electron chi connectivity index (χ2n) is 3.96. The molecule has 0 spiro atoms. The van der Waals surface area contributed by atoms with E-state index in [9.17, 15) is 8.78 Å². The van der Waals surface area contributed by atoms with Crippen LogP contribution in [0.3, 0.4) is 0 Å². The lowest BCUT2D eigenvalue weighted by atomic mass is 9.91. The van der Waals surface area contributed by atoms with E-state index in [1.807, 2.05) is 6.92 Å². The second kappa shape index (κ2) is 4.71. The molecule has 0 saturated carbocycles. The fourth-order valence-corrected chi connectivity index (χ4v) is 1.51. The number of benzene rings is 1. The Balaban J connectivity index is 2.92.